The van der Waals surface area contributed by atoms with Crippen molar-refractivity contribution in [3.8, 4) is 10.7 Å². The van der Waals surface area contributed by atoms with Gasteiger partial charge in [-0.2, -0.15) is 4.98 Å². The molecule has 2 N–H and O–H groups in total. The summed E-state index contributed by atoms with van der Waals surface area (Å²) < 4.78 is 5.08. The molecule has 1 unspecified atom stereocenters. The molecular weight excluding hydrogens is 294 g/mol. The van der Waals surface area contributed by atoms with Crippen LogP contribution in [-0.4, -0.2) is 33.2 Å². The maximum Gasteiger partial charge on any atom is 0.305 e. The van der Waals surface area contributed by atoms with Gasteiger partial charge in [-0.05, 0) is 18.4 Å². The van der Waals surface area contributed by atoms with Crippen LogP contribution in [0, 0.1) is 0 Å². The normalized spacial score (nSPS) is 12.0. The maximum atomic E-state index is 11.7. The highest BCUT2D eigenvalue weighted by Crippen LogP contribution is 2.21. The van der Waals surface area contributed by atoms with Crippen molar-refractivity contribution in [1.29, 1.82) is 0 Å². The number of aliphatic carboxylic acids is 1. The number of hydrogen-bond donors (Lipinski definition) is 2. The first-order valence-electron chi connectivity index (χ1n) is 6.42. The lowest BCUT2D eigenvalue weighted by atomic mass is 10.2. The van der Waals surface area contributed by atoms with Gasteiger partial charge in [0.05, 0.1) is 11.3 Å². The zero-order valence-electron chi connectivity index (χ0n) is 11.4. The van der Waals surface area contributed by atoms with Crippen LogP contribution in [0.2, 0.25) is 0 Å². The van der Waals surface area contributed by atoms with Crippen molar-refractivity contribution in [2.24, 2.45) is 0 Å². The van der Waals surface area contributed by atoms with E-state index in [-0.39, 0.29) is 18.7 Å². The highest BCUT2D eigenvalue weighted by atomic mass is 32.1. The Hall–Kier alpha value is -2.22. The molecule has 0 radical (unpaired) electrons. The Morgan fingerprint density at radius 1 is 1.52 bits per heavy atom. The number of thiophene rings is 1. The molecule has 0 aliphatic carbocycles. The predicted octanol–water partition coefficient (Wildman–Crippen LogP) is 1.71. The van der Waals surface area contributed by atoms with Crippen LogP contribution in [0.4, 0.5) is 0 Å². The molecule has 0 aromatic carbocycles. The highest BCUT2D eigenvalue weighted by Gasteiger charge is 2.13. The molecule has 112 valence electrons. The quantitative estimate of drug-likeness (QED) is 0.806. The third-order valence-corrected chi connectivity index (χ3v) is 3.53. The summed E-state index contributed by atoms with van der Waals surface area (Å²) in [6.07, 6.45) is 0.398. The van der Waals surface area contributed by atoms with Crippen LogP contribution in [0.5, 0.6) is 0 Å². The smallest absolute Gasteiger partial charge is 0.305 e. The molecular formula is C13H15N3O4S. The molecule has 2 aromatic heterocycles. The summed E-state index contributed by atoms with van der Waals surface area (Å²) >= 11 is 1.51. The van der Waals surface area contributed by atoms with E-state index in [1.165, 1.54) is 11.3 Å². The van der Waals surface area contributed by atoms with E-state index >= 15 is 0 Å². The molecule has 2 heterocycles. The molecule has 1 amide bonds. The molecule has 0 spiro atoms. The summed E-state index contributed by atoms with van der Waals surface area (Å²) in [5, 5.41) is 17.0. The minimum atomic E-state index is -0.944. The monoisotopic (exact) mass is 309 g/mol. The van der Waals surface area contributed by atoms with E-state index in [2.05, 4.69) is 15.5 Å². The Bertz CT molecular complexity index is 609. The van der Waals surface area contributed by atoms with Crippen molar-refractivity contribution < 1.29 is 19.2 Å². The van der Waals surface area contributed by atoms with Gasteiger partial charge in [-0.1, -0.05) is 11.2 Å². The van der Waals surface area contributed by atoms with Crippen LogP contribution in [0.1, 0.15) is 25.7 Å². The van der Waals surface area contributed by atoms with Crippen LogP contribution < -0.4 is 5.32 Å². The van der Waals surface area contributed by atoms with Crippen LogP contribution in [-0.2, 0) is 16.0 Å². The fourth-order valence-corrected chi connectivity index (χ4v) is 2.39. The van der Waals surface area contributed by atoms with Gasteiger partial charge in [0, 0.05) is 18.9 Å². The number of carbonyl (C=O) groups excluding carboxylic acids is 1. The van der Waals surface area contributed by atoms with Crippen LogP contribution >= 0.6 is 11.3 Å². The minimum absolute atomic E-state index is 0.102. The van der Waals surface area contributed by atoms with Crippen LogP contribution in [0.15, 0.2) is 22.0 Å². The molecule has 0 aliphatic heterocycles. The Kier molecular flexibility index (Phi) is 5.04. The zero-order chi connectivity index (χ0) is 15.2. The second-order valence-corrected chi connectivity index (χ2v) is 5.50. The molecule has 0 saturated carbocycles. The molecule has 0 saturated heterocycles. The average molecular weight is 309 g/mol. The number of aryl methyl sites for hydroxylation is 1. The summed E-state index contributed by atoms with van der Waals surface area (Å²) in [7, 11) is 0. The second kappa shape index (κ2) is 6.98. The Morgan fingerprint density at radius 3 is 3.00 bits per heavy atom. The Balaban J connectivity index is 1.80. The second-order valence-electron chi connectivity index (χ2n) is 4.56. The number of carboxylic acids is 1. The number of amides is 1. The lowest BCUT2D eigenvalue weighted by Gasteiger charge is -2.10. The first-order valence-corrected chi connectivity index (χ1v) is 7.30. The van der Waals surface area contributed by atoms with Crippen molar-refractivity contribution >= 4 is 23.2 Å². The zero-order valence-corrected chi connectivity index (χ0v) is 12.2. The summed E-state index contributed by atoms with van der Waals surface area (Å²) in [4.78, 5) is 27.3. The van der Waals surface area contributed by atoms with Crippen molar-refractivity contribution in [2.75, 3.05) is 0 Å². The molecule has 1 atom stereocenters. The van der Waals surface area contributed by atoms with Gasteiger partial charge in [0.15, 0.2) is 0 Å². The fourth-order valence-electron chi connectivity index (χ4n) is 1.74. The lowest BCUT2D eigenvalue weighted by molar-refractivity contribution is -0.137. The number of aromatic nitrogens is 2. The molecule has 0 aliphatic rings. The van der Waals surface area contributed by atoms with E-state index in [0.717, 1.165) is 4.88 Å². The summed E-state index contributed by atoms with van der Waals surface area (Å²) in [6.45, 7) is 1.65. The van der Waals surface area contributed by atoms with Crippen molar-refractivity contribution in [2.45, 2.75) is 32.2 Å². The number of nitrogens with zero attached hydrogens (tertiary/aromatic N) is 2. The molecule has 2 aromatic rings. The first-order chi connectivity index (χ1) is 10.0. The first kappa shape index (κ1) is 15.2. The molecule has 21 heavy (non-hydrogen) atoms. The maximum absolute atomic E-state index is 11.7. The van der Waals surface area contributed by atoms with E-state index in [1.807, 2.05) is 17.5 Å². The minimum Gasteiger partial charge on any atom is -0.481 e. The lowest BCUT2D eigenvalue weighted by Crippen LogP contribution is -2.34. The summed E-state index contributed by atoms with van der Waals surface area (Å²) in [6, 6.07) is 3.38. The van der Waals surface area contributed by atoms with Crippen LogP contribution in [0.25, 0.3) is 10.7 Å². The van der Waals surface area contributed by atoms with Gasteiger partial charge < -0.3 is 14.9 Å². The summed E-state index contributed by atoms with van der Waals surface area (Å²) in [5.74, 6) is -0.279. The number of rotatable bonds is 7. The van der Waals surface area contributed by atoms with Gasteiger partial charge >= 0.3 is 5.97 Å². The Labute approximate surface area is 125 Å². The number of hydrogen-bond acceptors (Lipinski definition) is 6. The van der Waals surface area contributed by atoms with Gasteiger partial charge in [-0.25, -0.2) is 0 Å². The van der Waals surface area contributed by atoms with Gasteiger partial charge in [-0.15, -0.1) is 11.3 Å². The van der Waals surface area contributed by atoms with E-state index in [0.29, 0.717) is 18.1 Å². The van der Waals surface area contributed by atoms with E-state index < -0.39 is 12.0 Å². The molecule has 0 fully saturated rings. The number of carbonyl (C=O) groups is 2. The third kappa shape index (κ3) is 4.67. The van der Waals surface area contributed by atoms with E-state index in [1.54, 1.807) is 6.92 Å². The average Bonchev–Trinajstić information content (AvgIpc) is 3.06. The molecule has 7 nitrogen and oxygen atoms in total. The standard InChI is InChI=1S/C13H15N3O4S/c1-8(7-12(18)19)14-10(17)4-5-11-15-13(16-20-11)9-3-2-6-21-9/h2-3,6,8H,4-5,7H2,1H3,(H,14,17)(H,18,19). The topological polar surface area (TPSA) is 105 Å². The third-order valence-electron chi connectivity index (χ3n) is 2.66. The van der Waals surface area contributed by atoms with E-state index in [9.17, 15) is 9.59 Å². The fraction of sp³-hybridized carbons (Fsp3) is 0.385. The van der Waals surface area contributed by atoms with Gasteiger partial charge in [0.1, 0.15) is 0 Å². The van der Waals surface area contributed by atoms with Gasteiger partial charge in [-0.3, -0.25) is 9.59 Å². The van der Waals surface area contributed by atoms with Gasteiger partial charge in [0.2, 0.25) is 17.6 Å². The van der Waals surface area contributed by atoms with Gasteiger partial charge in [0.25, 0.3) is 0 Å². The Morgan fingerprint density at radius 2 is 2.33 bits per heavy atom. The molecule has 8 heteroatoms. The summed E-state index contributed by atoms with van der Waals surface area (Å²) in [5.41, 5.74) is 0. The largest absolute Gasteiger partial charge is 0.481 e. The molecule has 0 bridgehead atoms. The van der Waals surface area contributed by atoms with Crippen molar-refractivity contribution in [3.05, 3.63) is 23.4 Å². The predicted molar refractivity (Wildman–Crippen MR) is 75.8 cm³/mol. The number of carboxylic acid groups (broad SMARTS) is 1. The van der Waals surface area contributed by atoms with Crippen LogP contribution in [0.3, 0.4) is 0 Å². The van der Waals surface area contributed by atoms with Crippen molar-refractivity contribution in [1.82, 2.24) is 15.5 Å². The van der Waals surface area contributed by atoms with E-state index in [4.69, 9.17) is 9.63 Å². The highest BCUT2D eigenvalue weighted by molar-refractivity contribution is 7.13. The SMILES string of the molecule is CC(CC(=O)O)NC(=O)CCc1nc(-c2cccs2)no1. The molecule has 2 rings (SSSR count). The van der Waals surface area contributed by atoms with Crippen molar-refractivity contribution in [3.63, 3.8) is 0 Å². The number of nitrogens with one attached hydrogen (secondary N) is 1.